The molecule has 1 unspecified atom stereocenters. The fourth-order valence-electron chi connectivity index (χ4n) is 5.77. The topological polar surface area (TPSA) is 0 Å². The van der Waals surface area contributed by atoms with Crippen LogP contribution in [0.15, 0.2) is 35.9 Å². The average molecular weight is 409 g/mol. The smallest absolute Gasteiger partial charge is 0.0241 e. The summed E-state index contributed by atoms with van der Waals surface area (Å²) in [4.78, 5) is 0. The molecule has 3 rings (SSSR count). The van der Waals surface area contributed by atoms with Crippen LogP contribution in [0.5, 0.6) is 0 Å². The summed E-state index contributed by atoms with van der Waals surface area (Å²) < 4.78 is 0. The molecule has 30 heavy (non-hydrogen) atoms. The van der Waals surface area contributed by atoms with Gasteiger partial charge in [0, 0.05) is 0 Å². The van der Waals surface area contributed by atoms with Gasteiger partial charge >= 0.3 is 0 Å². The molecule has 0 spiro atoms. The molecule has 0 aromatic heterocycles. The van der Waals surface area contributed by atoms with Gasteiger partial charge in [0.25, 0.3) is 0 Å². The van der Waals surface area contributed by atoms with Crippen molar-refractivity contribution in [1.82, 2.24) is 0 Å². The van der Waals surface area contributed by atoms with E-state index in [1.54, 1.807) is 5.57 Å². The van der Waals surface area contributed by atoms with E-state index in [-0.39, 0.29) is 0 Å². The molecule has 0 bridgehead atoms. The SMILES string of the molecule is CCCCCCc1ccc(CCC2=CCC(CC[C@H]3CC[C@H](CC)CC3)CC2)cc1. The third-order valence-electron chi connectivity index (χ3n) is 8.22. The van der Waals surface area contributed by atoms with Crippen LogP contribution in [0.2, 0.25) is 0 Å². The Morgan fingerprint density at radius 1 is 0.667 bits per heavy atom. The molecule has 0 N–H and O–H groups in total. The fourth-order valence-corrected chi connectivity index (χ4v) is 5.77. The Hall–Kier alpha value is -1.04. The minimum atomic E-state index is 0.977. The van der Waals surface area contributed by atoms with E-state index >= 15 is 0 Å². The van der Waals surface area contributed by atoms with E-state index in [2.05, 4.69) is 44.2 Å². The van der Waals surface area contributed by atoms with Gasteiger partial charge in [-0.1, -0.05) is 108 Å². The van der Waals surface area contributed by atoms with Crippen molar-refractivity contribution in [3.63, 3.8) is 0 Å². The predicted octanol–water partition coefficient (Wildman–Crippen LogP) is 9.47. The van der Waals surface area contributed by atoms with E-state index in [0.717, 1.165) is 17.8 Å². The highest BCUT2D eigenvalue weighted by Gasteiger charge is 2.21. The van der Waals surface area contributed by atoms with Crippen molar-refractivity contribution < 1.29 is 0 Å². The van der Waals surface area contributed by atoms with Gasteiger partial charge in [-0.2, -0.15) is 0 Å². The highest BCUT2D eigenvalue weighted by atomic mass is 14.3. The molecule has 2 aliphatic rings. The van der Waals surface area contributed by atoms with Gasteiger partial charge in [0.1, 0.15) is 0 Å². The summed E-state index contributed by atoms with van der Waals surface area (Å²) in [7, 11) is 0. The molecule has 0 heterocycles. The van der Waals surface area contributed by atoms with Crippen LogP contribution in [-0.4, -0.2) is 0 Å². The summed E-state index contributed by atoms with van der Waals surface area (Å²) in [6, 6.07) is 9.52. The van der Waals surface area contributed by atoms with Gasteiger partial charge in [-0.05, 0) is 80.2 Å². The van der Waals surface area contributed by atoms with E-state index < -0.39 is 0 Å². The molecule has 1 aromatic carbocycles. The fraction of sp³-hybridized carbons (Fsp3) is 0.733. The predicted molar refractivity (Wildman–Crippen MR) is 133 cm³/mol. The maximum Gasteiger partial charge on any atom is -0.0241 e. The number of allylic oxidation sites excluding steroid dienone is 2. The quantitative estimate of drug-likeness (QED) is 0.238. The summed E-state index contributed by atoms with van der Waals surface area (Å²) >= 11 is 0. The highest BCUT2D eigenvalue weighted by Crippen LogP contribution is 2.36. The third kappa shape index (κ3) is 8.24. The van der Waals surface area contributed by atoms with Crippen LogP contribution >= 0.6 is 0 Å². The summed E-state index contributed by atoms with van der Waals surface area (Å²) in [5.41, 5.74) is 4.79. The molecule has 0 amide bonds. The minimum Gasteiger partial charge on any atom is -0.0850 e. The first-order valence-corrected chi connectivity index (χ1v) is 13.5. The Morgan fingerprint density at radius 3 is 1.97 bits per heavy atom. The Morgan fingerprint density at radius 2 is 1.33 bits per heavy atom. The second-order valence-electron chi connectivity index (χ2n) is 10.5. The molecule has 0 nitrogen and oxygen atoms in total. The first kappa shape index (κ1) is 23.6. The largest absolute Gasteiger partial charge is 0.0850 e. The summed E-state index contributed by atoms with van der Waals surface area (Å²) in [5, 5.41) is 0. The van der Waals surface area contributed by atoms with E-state index in [1.807, 2.05) is 0 Å². The number of rotatable bonds is 12. The van der Waals surface area contributed by atoms with Gasteiger partial charge < -0.3 is 0 Å². The number of unbranched alkanes of at least 4 members (excludes halogenated alkanes) is 3. The standard InChI is InChI=1S/C30H48/c1-3-5-6-7-8-26-13-15-28(16-14-26)19-20-30-23-21-29(22-24-30)18-17-27-11-9-25(4-2)10-12-27/h13-16,23,25,27,29H,3-12,17-22,24H2,1-2H3/t25-,27-,29?. The lowest BCUT2D eigenvalue weighted by molar-refractivity contribution is 0.241. The number of aryl methyl sites for hydroxylation is 2. The van der Waals surface area contributed by atoms with Crippen molar-refractivity contribution in [2.24, 2.45) is 17.8 Å². The Kier molecular flexibility index (Phi) is 10.5. The van der Waals surface area contributed by atoms with Gasteiger partial charge in [0.05, 0.1) is 0 Å². The Balaban J connectivity index is 1.30. The summed E-state index contributed by atoms with van der Waals surface area (Å²) in [5.74, 6) is 3.07. The lowest BCUT2D eigenvalue weighted by Gasteiger charge is -2.29. The molecule has 0 heteroatoms. The van der Waals surface area contributed by atoms with Crippen molar-refractivity contribution in [3.8, 4) is 0 Å². The van der Waals surface area contributed by atoms with E-state index in [0.29, 0.717) is 0 Å². The van der Waals surface area contributed by atoms with Crippen LogP contribution in [0.3, 0.4) is 0 Å². The van der Waals surface area contributed by atoms with Gasteiger partial charge in [-0.3, -0.25) is 0 Å². The van der Waals surface area contributed by atoms with Gasteiger partial charge in [0.15, 0.2) is 0 Å². The van der Waals surface area contributed by atoms with Gasteiger partial charge in [-0.25, -0.2) is 0 Å². The number of hydrogen-bond donors (Lipinski definition) is 0. The minimum absolute atomic E-state index is 0.977. The van der Waals surface area contributed by atoms with Crippen LogP contribution in [0.4, 0.5) is 0 Å². The molecule has 0 aliphatic heterocycles. The average Bonchev–Trinajstić information content (AvgIpc) is 2.81. The first-order valence-electron chi connectivity index (χ1n) is 13.5. The molecule has 0 radical (unpaired) electrons. The number of hydrogen-bond acceptors (Lipinski definition) is 0. The number of benzene rings is 1. The zero-order valence-electron chi connectivity index (χ0n) is 20.1. The molecule has 168 valence electrons. The Bertz CT molecular complexity index is 599. The van der Waals surface area contributed by atoms with Crippen molar-refractivity contribution in [3.05, 3.63) is 47.0 Å². The van der Waals surface area contributed by atoms with E-state index in [4.69, 9.17) is 0 Å². The van der Waals surface area contributed by atoms with Crippen LogP contribution in [0.1, 0.15) is 121 Å². The monoisotopic (exact) mass is 408 g/mol. The second-order valence-corrected chi connectivity index (χ2v) is 10.5. The van der Waals surface area contributed by atoms with Crippen LogP contribution in [0, 0.1) is 17.8 Å². The molecule has 1 aromatic rings. The lowest BCUT2D eigenvalue weighted by Crippen LogP contribution is -2.15. The molecule has 1 saturated carbocycles. The molecule has 0 saturated heterocycles. The van der Waals surface area contributed by atoms with Crippen molar-refractivity contribution >= 4 is 0 Å². The summed E-state index contributed by atoms with van der Waals surface area (Å²) in [6.45, 7) is 4.66. The lowest BCUT2D eigenvalue weighted by atomic mass is 9.76. The van der Waals surface area contributed by atoms with Crippen molar-refractivity contribution in [2.45, 2.75) is 123 Å². The van der Waals surface area contributed by atoms with Crippen molar-refractivity contribution in [2.75, 3.05) is 0 Å². The third-order valence-corrected chi connectivity index (χ3v) is 8.22. The van der Waals surface area contributed by atoms with Crippen molar-refractivity contribution in [1.29, 1.82) is 0 Å². The summed E-state index contributed by atoms with van der Waals surface area (Å²) in [6.07, 6.45) is 26.5. The van der Waals surface area contributed by atoms with Crippen LogP contribution in [0.25, 0.3) is 0 Å². The maximum atomic E-state index is 2.62. The van der Waals surface area contributed by atoms with Crippen LogP contribution in [-0.2, 0) is 12.8 Å². The van der Waals surface area contributed by atoms with E-state index in [1.165, 1.54) is 120 Å². The molecule has 1 fully saturated rings. The zero-order valence-corrected chi connectivity index (χ0v) is 20.1. The molecular formula is C30H48. The second kappa shape index (κ2) is 13.4. The van der Waals surface area contributed by atoms with E-state index in [9.17, 15) is 0 Å². The maximum absolute atomic E-state index is 2.62. The van der Waals surface area contributed by atoms with Gasteiger partial charge in [0.2, 0.25) is 0 Å². The normalized spacial score (nSPS) is 24.6. The highest BCUT2D eigenvalue weighted by molar-refractivity contribution is 5.23. The Labute approximate surface area is 187 Å². The first-order chi connectivity index (χ1) is 14.8. The van der Waals surface area contributed by atoms with Crippen LogP contribution < -0.4 is 0 Å². The zero-order chi connectivity index (χ0) is 21.0. The molecule has 2 aliphatic carbocycles. The molecular weight excluding hydrogens is 360 g/mol. The van der Waals surface area contributed by atoms with Gasteiger partial charge in [-0.15, -0.1) is 0 Å². The molecule has 1 atom stereocenters.